The van der Waals surface area contributed by atoms with Crippen LogP contribution in [0.3, 0.4) is 0 Å². The van der Waals surface area contributed by atoms with Crippen molar-refractivity contribution >= 4 is 0 Å². The molecule has 0 aromatic rings. The van der Waals surface area contributed by atoms with Crippen LogP contribution in [0.15, 0.2) is 0 Å². The number of nitrogens with zero attached hydrogens (tertiary/aromatic N) is 1. The average molecular weight is 139 g/mol. The predicted molar refractivity (Wildman–Crippen MR) is 38.4 cm³/mol. The van der Waals surface area contributed by atoms with E-state index in [0.717, 1.165) is 12.8 Å². The van der Waals surface area contributed by atoms with Crippen LogP contribution >= 0.6 is 0 Å². The van der Waals surface area contributed by atoms with Gasteiger partial charge in [0.2, 0.25) is 0 Å². The van der Waals surface area contributed by atoms with Crippen LogP contribution in [0.2, 0.25) is 0 Å². The molecule has 10 heavy (non-hydrogen) atoms. The Morgan fingerprint density at radius 1 is 1.40 bits per heavy atom. The van der Waals surface area contributed by atoms with E-state index in [4.69, 9.17) is 10.00 Å². The molecule has 0 radical (unpaired) electrons. The van der Waals surface area contributed by atoms with Crippen molar-refractivity contribution in [3.63, 3.8) is 0 Å². The molecule has 0 aliphatic heterocycles. The summed E-state index contributed by atoms with van der Waals surface area (Å²) in [5, 5.41) is 8.64. The smallest absolute Gasteiger partial charge is 0.155 e. The predicted octanol–water partition coefficient (Wildman–Crippen LogP) is 1.86. The van der Waals surface area contributed by atoms with Crippen molar-refractivity contribution in [2.24, 2.45) is 0 Å². The van der Waals surface area contributed by atoms with Gasteiger partial charge in [-0.3, -0.25) is 0 Å². The van der Waals surface area contributed by atoms with Gasteiger partial charge in [0.1, 0.15) is 0 Å². The van der Waals surface area contributed by atoms with E-state index in [1.54, 1.807) is 0 Å². The van der Waals surface area contributed by atoms with Crippen molar-refractivity contribution in [1.82, 2.24) is 0 Å². The molecule has 1 rings (SSSR count). The minimum absolute atomic E-state index is 0.174. The molecule has 0 spiro atoms. The third-order valence-corrected chi connectivity index (χ3v) is 1.41. The van der Waals surface area contributed by atoms with Crippen LogP contribution < -0.4 is 0 Å². The van der Waals surface area contributed by atoms with Gasteiger partial charge in [0, 0.05) is 0 Å². The van der Waals surface area contributed by atoms with Gasteiger partial charge in [0.05, 0.1) is 11.7 Å². The lowest BCUT2D eigenvalue weighted by atomic mass is 10.2. The summed E-state index contributed by atoms with van der Waals surface area (Å²) in [4.78, 5) is 0. The molecule has 1 fully saturated rings. The molecule has 0 aromatic carbocycles. The fraction of sp³-hybridized carbons (Fsp3) is 0.875. The molecule has 0 aromatic heterocycles. The standard InChI is InChI=1S/C8H13NO/c1-7(2,3)10-8(6-9)4-5-8/h4-5H2,1-3H3. The molecule has 0 N–H and O–H groups in total. The lowest BCUT2D eigenvalue weighted by Gasteiger charge is -2.22. The summed E-state index contributed by atoms with van der Waals surface area (Å²) in [5.41, 5.74) is -0.593. The summed E-state index contributed by atoms with van der Waals surface area (Å²) in [6, 6.07) is 2.19. The third-order valence-electron chi connectivity index (χ3n) is 1.41. The van der Waals surface area contributed by atoms with Crippen molar-refractivity contribution in [2.45, 2.75) is 44.8 Å². The Morgan fingerprint density at radius 3 is 2.00 bits per heavy atom. The fourth-order valence-corrected chi connectivity index (χ4v) is 0.936. The van der Waals surface area contributed by atoms with E-state index >= 15 is 0 Å². The van der Waals surface area contributed by atoms with Gasteiger partial charge in [-0.2, -0.15) is 5.26 Å². The Morgan fingerprint density at radius 2 is 1.90 bits per heavy atom. The quantitative estimate of drug-likeness (QED) is 0.555. The zero-order chi connectivity index (χ0) is 7.83. The zero-order valence-corrected chi connectivity index (χ0v) is 6.77. The number of rotatable bonds is 1. The Balaban J connectivity index is 2.48. The fourth-order valence-electron chi connectivity index (χ4n) is 0.936. The van der Waals surface area contributed by atoms with E-state index in [0.29, 0.717) is 0 Å². The summed E-state index contributed by atoms with van der Waals surface area (Å²) >= 11 is 0. The van der Waals surface area contributed by atoms with Crippen LogP contribution in [0, 0.1) is 11.3 Å². The molecule has 0 saturated heterocycles. The van der Waals surface area contributed by atoms with Crippen LogP contribution in [0.1, 0.15) is 33.6 Å². The minimum atomic E-state index is -0.418. The number of hydrogen-bond acceptors (Lipinski definition) is 2. The first-order valence-electron chi connectivity index (χ1n) is 3.59. The summed E-state index contributed by atoms with van der Waals surface area (Å²) in [6.45, 7) is 5.93. The Bertz CT molecular complexity index is 169. The highest BCUT2D eigenvalue weighted by atomic mass is 16.5. The summed E-state index contributed by atoms with van der Waals surface area (Å²) in [6.07, 6.45) is 1.81. The molecule has 1 aliphatic rings. The average Bonchev–Trinajstić information content (AvgIpc) is 2.45. The Labute approximate surface area is 61.8 Å². The molecule has 0 heterocycles. The maximum absolute atomic E-state index is 8.64. The molecule has 0 atom stereocenters. The van der Waals surface area contributed by atoms with Crippen molar-refractivity contribution in [3.8, 4) is 6.07 Å². The van der Waals surface area contributed by atoms with Gasteiger partial charge in [-0.05, 0) is 33.6 Å². The van der Waals surface area contributed by atoms with E-state index in [1.165, 1.54) is 0 Å². The number of ether oxygens (including phenoxy) is 1. The van der Waals surface area contributed by atoms with Crippen molar-refractivity contribution in [2.75, 3.05) is 0 Å². The zero-order valence-electron chi connectivity index (χ0n) is 6.77. The number of nitriles is 1. The van der Waals surface area contributed by atoms with Crippen LogP contribution in [0.25, 0.3) is 0 Å². The van der Waals surface area contributed by atoms with Gasteiger partial charge in [-0.1, -0.05) is 0 Å². The van der Waals surface area contributed by atoms with Gasteiger partial charge < -0.3 is 4.74 Å². The van der Waals surface area contributed by atoms with Crippen LogP contribution in [0.4, 0.5) is 0 Å². The summed E-state index contributed by atoms with van der Waals surface area (Å²) in [5.74, 6) is 0. The second-order valence-electron chi connectivity index (χ2n) is 3.82. The highest BCUT2D eigenvalue weighted by Gasteiger charge is 2.47. The molecule has 0 unspecified atom stereocenters. The first-order valence-corrected chi connectivity index (χ1v) is 3.59. The largest absolute Gasteiger partial charge is 0.355 e. The van der Waals surface area contributed by atoms with E-state index < -0.39 is 5.60 Å². The first-order chi connectivity index (χ1) is 4.47. The third kappa shape index (κ3) is 1.71. The second kappa shape index (κ2) is 1.96. The van der Waals surface area contributed by atoms with E-state index in [2.05, 4.69) is 6.07 Å². The monoisotopic (exact) mass is 139 g/mol. The van der Waals surface area contributed by atoms with Crippen LogP contribution in [-0.4, -0.2) is 11.2 Å². The molecule has 1 saturated carbocycles. The Hall–Kier alpha value is -0.550. The SMILES string of the molecule is CC(C)(C)OC1(C#N)CC1. The number of hydrogen-bond donors (Lipinski definition) is 0. The highest BCUT2D eigenvalue weighted by molar-refractivity contribution is 5.14. The van der Waals surface area contributed by atoms with Gasteiger partial charge in [-0.15, -0.1) is 0 Å². The molecular weight excluding hydrogens is 126 g/mol. The van der Waals surface area contributed by atoms with Crippen molar-refractivity contribution in [1.29, 1.82) is 5.26 Å². The molecule has 0 amide bonds. The molecular formula is C8H13NO. The van der Waals surface area contributed by atoms with Crippen molar-refractivity contribution < 1.29 is 4.74 Å². The van der Waals surface area contributed by atoms with E-state index in [-0.39, 0.29) is 5.60 Å². The first kappa shape index (κ1) is 7.56. The van der Waals surface area contributed by atoms with Gasteiger partial charge in [0.15, 0.2) is 5.60 Å². The van der Waals surface area contributed by atoms with E-state index in [1.807, 2.05) is 20.8 Å². The van der Waals surface area contributed by atoms with E-state index in [9.17, 15) is 0 Å². The van der Waals surface area contributed by atoms with Gasteiger partial charge >= 0.3 is 0 Å². The summed E-state index contributed by atoms with van der Waals surface area (Å²) in [7, 11) is 0. The molecule has 0 bridgehead atoms. The van der Waals surface area contributed by atoms with Crippen molar-refractivity contribution in [3.05, 3.63) is 0 Å². The minimum Gasteiger partial charge on any atom is -0.355 e. The van der Waals surface area contributed by atoms with Crippen LogP contribution in [0.5, 0.6) is 0 Å². The normalized spacial score (nSPS) is 21.8. The lowest BCUT2D eigenvalue weighted by Crippen LogP contribution is -2.27. The van der Waals surface area contributed by atoms with Gasteiger partial charge in [-0.25, -0.2) is 0 Å². The molecule has 1 aliphatic carbocycles. The molecule has 2 heteroatoms. The Kier molecular flexibility index (Phi) is 1.48. The maximum Gasteiger partial charge on any atom is 0.155 e. The van der Waals surface area contributed by atoms with Gasteiger partial charge in [0.25, 0.3) is 0 Å². The lowest BCUT2D eigenvalue weighted by molar-refractivity contribution is -0.0487. The highest BCUT2D eigenvalue weighted by Crippen LogP contribution is 2.41. The maximum atomic E-state index is 8.64. The summed E-state index contributed by atoms with van der Waals surface area (Å²) < 4.78 is 5.52. The molecule has 2 nitrogen and oxygen atoms in total. The molecule has 56 valence electrons. The second-order valence-corrected chi connectivity index (χ2v) is 3.82. The van der Waals surface area contributed by atoms with Crippen LogP contribution in [-0.2, 0) is 4.74 Å². The topological polar surface area (TPSA) is 33.0 Å².